The van der Waals surface area contributed by atoms with E-state index in [2.05, 4.69) is 18.8 Å². The summed E-state index contributed by atoms with van der Waals surface area (Å²) in [5.74, 6) is 0.953. The molecule has 1 heterocycles. The maximum atomic E-state index is 11.3. The summed E-state index contributed by atoms with van der Waals surface area (Å²) in [6.45, 7) is 4.45. The number of ether oxygens (including phenoxy) is 1. The van der Waals surface area contributed by atoms with Gasteiger partial charge in [-0.3, -0.25) is 0 Å². The summed E-state index contributed by atoms with van der Waals surface area (Å²) in [6.07, 6.45) is 2.25. The molecule has 1 aliphatic rings. The molecule has 0 aliphatic heterocycles. The molecule has 3 heteroatoms. The van der Waals surface area contributed by atoms with E-state index in [0.717, 1.165) is 6.42 Å². The van der Waals surface area contributed by atoms with Crippen molar-refractivity contribution in [2.24, 2.45) is 5.92 Å². The molecule has 15 heavy (non-hydrogen) atoms. The van der Waals surface area contributed by atoms with Crippen LogP contribution in [0.3, 0.4) is 0 Å². The van der Waals surface area contributed by atoms with Crippen LogP contribution in [0, 0.1) is 5.92 Å². The Hall–Kier alpha value is -1.25. The van der Waals surface area contributed by atoms with Gasteiger partial charge in [0.25, 0.3) is 0 Å². The van der Waals surface area contributed by atoms with Gasteiger partial charge in [-0.15, -0.1) is 0 Å². The second-order valence-corrected chi connectivity index (χ2v) is 4.50. The number of methoxy groups -OCH3 is 1. The van der Waals surface area contributed by atoms with E-state index in [1.807, 2.05) is 6.07 Å². The lowest BCUT2D eigenvalue weighted by molar-refractivity contribution is 0.0594. The van der Waals surface area contributed by atoms with Crippen LogP contribution in [0.5, 0.6) is 0 Å². The molecule has 1 aliphatic carbocycles. The molecule has 0 aromatic carbocycles. The van der Waals surface area contributed by atoms with E-state index in [4.69, 9.17) is 4.74 Å². The molecule has 0 bridgehead atoms. The first kappa shape index (κ1) is 10.3. The summed E-state index contributed by atoms with van der Waals surface area (Å²) in [5, 5.41) is 0. The lowest BCUT2D eigenvalue weighted by atomic mass is 9.91. The monoisotopic (exact) mass is 207 g/mol. The van der Waals surface area contributed by atoms with E-state index >= 15 is 0 Å². The van der Waals surface area contributed by atoms with Gasteiger partial charge in [0, 0.05) is 5.69 Å². The maximum absolute atomic E-state index is 11.3. The number of esters is 1. The quantitative estimate of drug-likeness (QED) is 0.757. The van der Waals surface area contributed by atoms with Crippen LogP contribution in [0.1, 0.15) is 47.9 Å². The van der Waals surface area contributed by atoms with Gasteiger partial charge in [-0.1, -0.05) is 13.8 Å². The van der Waals surface area contributed by atoms with Gasteiger partial charge in [0.15, 0.2) is 0 Å². The first-order chi connectivity index (χ1) is 7.13. The van der Waals surface area contributed by atoms with Crippen LogP contribution in [-0.4, -0.2) is 18.1 Å². The van der Waals surface area contributed by atoms with Crippen molar-refractivity contribution in [3.8, 4) is 0 Å². The second-order valence-electron chi connectivity index (χ2n) is 4.50. The fourth-order valence-electron chi connectivity index (χ4n) is 2.42. The van der Waals surface area contributed by atoms with Crippen LogP contribution in [0.25, 0.3) is 0 Å². The zero-order valence-corrected chi connectivity index (χ0v) is 9.46. The van der Waals surface area contributed by atoms with Gasteiger partial charge in [-0.05, 0) is 36.3 Å². The molecule has 0 amide bonds. The first-order valence-corrected chi connectivity index (χ1v) is 5.43. The first-order valence-electron chi connectivity index (χ1n) is 5.43. The normalized spacial score (nSPS) is 19.3. The molecular formula is C12H17NO2. The summed E-state index contributed by atoms with van der Waals surface area (Å²) < 4.78 is 4.70. The Morgan fingerprint density at radius 2 is 2.33 bits per heavy atom. The largest absolute Gasteiger partial charge is 0.464 e. The van der Waals surface area contributed by atoms with E-state index in [-0.39, 0.29) is 5.97 Å². The van der Waals surface area contributed by atoms with Crippen molar-refractivity contribution < 1.29 is 9.53 Å². The predicted octanol–water partition coefficient (Wildman–Crippen LogP) is 2.49. The minimum absolute atomic E-state index is 0.271. The van der Waals surface area contributed by atoms with Gasteiger partial charge in [-0.2, -0.15) is 0 Å². The zero-order chi connectivity index (χ0) is 11.0. The van der Waals surface area contributed by atoms with Crippen molar-refractivity contribution in [1.29, 1.82) is 0 Å². The molecule has 0 spiro atoms. The molecule has 1 N–H and O–H groups in total. The standard InChI is InChI=1S/C12H17NO2/c1-7(2)8-4-5-10-9(8)6-11(13-10)12(14)15-3/h6-8,13H,4-5H2,1-3H3. The highest BCUT2D eigenvalue weighted by Gasteiger charge is 2.28. The highest BCUT2D eigenvalue weighted by Crippen LogP contribution is 2.38. The van der Waals surface area contributed by atoms with Gasteiger partial charge >= 0.3 is 5.97 Å². The third kappa shape index (κ3) is 1.66. The van der Waals surface area contributed by atoms with E-state index < -0.39 is 0 Å². The number of aryl methyl sites for hydroxylation is 1. The Balaban J connectivity index is 2.30. The molecule has 0 fully saturated rings. The summed E-state index contributed by atoms with van der Waals surface area (Å²) >= 11 is 0. The smallest absolute Gasteiger partial charge is 0.354 e. The summed E-state index contributed by atoms with van der Waals surface area (Å²) in [4.78, 5) is 14.5. The van der Waals surface area contributed by atoms with E-state index in [9.17, 15) is 4.79 Å². The molecule has 1 unspecified atom stereocenters. The Kier molecular flexibility index (Phi) is 2.55. The third-order valence-electron chi connectivity index (χ3n) is 3.25. The van der Waals surface area contributed by atoms with E-state index in [0.29, 0.717) is 17.5 Å². The maximum Gasteiger partial charge on any atom is 0.354 e. The minimum atomic E-state index is -0.271. The number of hydrogen-bond donors (Lipinski definition) is 1. The van der Waals surface area contributed by atoms with Crippen LogP contribution >= 0.6 is 0 Å². The second kappa shape index (κ2) is 3.72. The fraction of sp³-hybridized carbons (Fsp3) is 0.583. The van der Waals surface area contributed by atoms with E-state index in [1.165, 1.54) is 24.8 Å². The van der Waals surface area contributed by atoms with Crippen molar-refractivity contribution >= 4 is 5.97 Å². The molecule has 2 rings (SSSR count). The van der Waals surface area contributed by atoms with E-state index in [1.54, 1.807) is 0 Å². The topological polar surface area (TPSA) is 42.1 Å². The summed E-state index contributed by atoms with van der Waals surface area (Å²) in [7, 11) is 1.41. The number of nitrogens with one attached hydrogen (secondary N) is 1. The molecular weight excluding hydrogens is 190 g/mol. The molecule has 1 aromatic rings. The zero-order valence-electron chi connectivity index (χ0n) is 9.46. The van der Waals surface area contributed by atoms with Crippen molar-refractivity contribution in [2.45, 2.75) is 32.6 Å². The SMILES string of the molecule is COC(=O)c1cc2c([nH]1)CCC2C(C)C. The minimum Gasteiger partial charge on any atom is -0.464 e. The molecule has 82 valence electrons. The Morgan fingerprint density at radius 3 is 2.93 bits per heavy atom. The number of fused-ring (bicyclic) bond motifs is 1. The highest BCUT2D eigenvalue weighted by atomic mass is 16.5. The van der Waals surface area contributed by atoms with Crippen LogP contribution in [0.15, 0.2) is 6.07 Å². The number of hydrogen-bond acceptors (Lipinski definition) is 2. The van der Waals surface area contributed by atoms with Crippen molar-refractivity contribution in [3.05, 3.63) is 23.0 Å². The van der Waals surface area contributed by atoms with Gasteiger partial charge in [0.1, 0.15) is 5.69 Å². The average molecular weight is 207 g/mol. The molecule has 1 atom stereocenters. The lowest BCUT2D eigenvalue weighted by Gasteiger charge is -2.13. The number of rotatable bonds is 2. The molecule has 0 saturated heterocycles. The number of H-pyrrole nitrogens is 1. The lowest BCUT2D eigenvalue weighted by Crippen LogP contribution is -2.04. The van der Waals surface area contributed by atoms with Crippen LogP contribution in [0.4, 0.5) is 0 Å². The highest BCUT2D eigenvalue weighted by molar-refractivity contribution is 5.87. The Bertz CT molecular complexity index is 379. The van der Waals surface area contributed by atoms with Crippen molar-refractivity contribution in [2.75, 3.05) is 7.11 Å². The molecule has 0 radical (unpaired) electrons. The van der Waals surface area contributed by atoms with Crippen molar-refractivity contribution in [3.63, 3.8) is 0 Å². The Morgan fingerprint density at radius 1 is 1.60 bits per heavy atom. The van der Waals surface area contributed by atoms with Crippen LogP contribution < -0.4 is 0 Å². The van der Waals surface area contributed by atoms with Gasteiger partial charge < -0.3 is 9.72 Å². The summed E-state index contributed by atoms with van der Waals surface area (Å²) in [5.41, 5.74) is 3.12. The van der Waals surface area contributed by atoms with Crippen molar-refractivity contribution in [1.82, 2.24) is 4.98 Å². The Labute approximate surface area is 89.8 Å². The van der Waals surface area contributed by atoms with Gasteiger partial charge in [0.05, 0.1) is 7.11 Å². The third-order valence-corrected chi connectivity index (χ3v) is 3.25. The molecule has 3 nitrogen and oxygen atoms in total. The average Bonchev–Trinajstić information content (AvgIpc) is 2.73. The number of aromatic nitrogens is 1. The molecule has 1 aromatic heterocycles. The van der Waals surface area contributed by atoms with Gasteiger partial charge in [0.2, 0.25) is 0 Å². The van der Waals surface area contributed by atoms with Gasteiger partial charge in [-0.25, -0.2) is 4.79 Å². The number of aromatic amines is 1. The molecule has 0 saturated carbocycles. The van der Waals surface area contributed by atoms with Crippen LogP contribution in [0.2, 0.25) is 0 Å². The van der Waals surface area contributed by atoms with Crippen LogP contribution in [-0.2, 0) is 11.2 Å². The number of carbonyl (C=O) groups excluding carboxylic acids is 1. The number of carbonyl (C=O) groups is 1. The fourth-order valence-corrected chi connectivity index (χ4v) is 2.42. The summed E-state index contributed by atoms with van der Waals surface area (Å²) in [6, 6.07) is 1.96. The predicted molar refractivity (Wildman–Crippen MR) is 58.0 cm³/mol.